The van der Waals surface area contributed by atoms with Gasteiger partial charge in [0, 0.05) is 0 Å². The highest BCUT2D eigenvalue weighted by Gasteiger charge is 2.37. The topological polar surface area (TPSA) is 145 Å². The Kier molecular flexibility index (Phi) is 7.32. The van der Waals surface area contributed by atoms with Gasteiger partial charge in [-0.2, -0.15) is 0 Å². The van der Waals surface area contributed by atoms with Crippen LogP contribution in [0.3, 0.4) is 0 Å². The Morgan fingerprint density at radius 1 is 1.17 bits per heavy atom. The summed E-state index contributed by atoms with van der Waals surface area (Å²) in [5.74, 6) is -2.89. The number of ether oxygens (including phenoxy) is 1. The van der Waals surface area contributed by atoms with Gasteiger partial charge in [0.05, 0.1) is 6.61 Å². The molecule has 0 aromatic carbocycles. The summed E-state index contributed by atoms with van der Waals surface area (Å²) >= 11 is 0. The van der Waals surface area contributed by atoms with E-state index in [2.05, 4.69) is 11.3 Å². The molecule has 8 nitrogen and oxygen atoms in total. The number of esters is 1. The Morgan fingerprint density at radius 3 is 2.17 bits per heavy atom. The molecule has 0 fully saturated rings. The summed E-state index contributed by atoms with van der Waals surface area (Å²) in [7, 11) is 0. The highest BCUT2D eigenvalue weighted by molar-refractivity contribution is 6.35. The predicted molar refractivity (Wildman–Crippen MR) is 57.3 cm³/mol. The average molecular weight is 264 g/mol. The Labute approximate surface area is 103 Å². The van der Waals surface area contributed by atoms with Gasteiger partial charge < -0.3 is 30.3 Å². The molecule has 0 spiro atoms. The first kappa shape index (κ1) is 16.7. The lowest BCUT2D eigenvalue weighted by atomic mass is 10.0. The molecule has 0 saturated heterocycles. The zero-order valence-corrected chi connectivity index (χ0v) is 9.47. The van der Waals surface area contributed by atoms with Crippen LogP contribution < -0.4 is 0 Å². The highest BCUT2D eigenvalue weighted by atomic mass is 16.5. The van der Waals surface area contributed by atoms with Crippen molar-refractivity contribution in [2.24, 2.45) is 0 Å². The molecule has 0 aromatic heterocycles. The molecule has 8 heteroatoms. The number of aliphatic hydroxyl groups excluding tert-OH is 5. The van der Waals surface area contributed by atoms with E-state index >= 15 is 0 Å². The van der Waals surface area contributed by atoms with Crippen LogP contribution in [-0.4, -0.2) is 74.9 Å². The summed E-state index contributed by atoms with van der Waals surface area (Å²) < 4.78 is 4.32. The number of hydrogen-bond acceptors (Lipinski definition) is 8. The molecule has 0 aliphatic carbocycles. The molecule has 0 radical (unpaired) electrons. The van der Waals surface area contributed by atoms with E-state index in [4.69, 9.17) is 10.2 Å². The van der Waals surface area contributed by atoms with Crippen molar-refractivity contribution in [3.8, 4) is 0 Å². The minimum absolute atomic E-state index is 0.255. The molecule has 0 saturated carbocycles. The predicted octanol–water partition coefficient (Wildman–Crippen LogP) is -3.28. The van der Waals surface area contributed by atoms with E-state index in [-0.39, 0.29) is 6.61 Å². The molecular formula is C10H16O8. The maximum absolute atomic E-state index is 11.2. The van der Waals surface area contributed by atoms with Crippen molar-refractivity contribution in [3.63, 3.8) is 0 Å². The van der Waals surface area contributed by atoms with Crippen LogP contribution in [0.4, 0.5) is 0 Å². The van der Waals surface area contributed by atoms with Gasteiger partial charge in [0.2, 0.25) is 0 Å². The standard InChI is InChI=1S/C10H16O8/c1-2-3-18-10(17)9(16)8(15)7(14)6(13)5(12)4-11/h2,5-8,11-15H,1,3-4H2/t5-,6-,7+,8-/m1/s1. The number of hydrogen-bond donors (Lipinski definition) is 5. The molecule has 104 valence electrons. The van der Waals surface area contributed by atoms with Crippen molar-refractivity contribution >= 4 is 11.8 Å². The van der Waals surface area contributed by atoms with Crippen molar-refractivity contribution in [1.82, 2.24) is 0 Å². The lowest BCUT2D eigenvalue weighted by molar-refractivity contribution is -0.165. The van der Waals surface area contributed by atoms with Gasteiger partial charge in [-0.3, -0.25) is 4.79 Å². The van der Waals surface area contributed by atoms with Gasteiger partial charge >= 0.3 is 5.97 Å². The summed E-state index contributed by atoms with van der Waals surface area (Å²) in [6.45, 7) is 2.09. The maximum Gasteiger partial charge on any atom is 0.377 e. The quantitative estimate of drug-likeness (QED) is 0.174. The monoisotopic (exact) mass is 264 g/mol. The summed E-state index contributed by atoms with van der Waals surface area (Å²) in [5.41, 5.74) is 0. The molecule has 5 N–H and O–H groups in total. The van der Waals surface area contributed by atoms with Crippen molar-refractivity contribution in [2.75, 3.05) is 13.2 Å². The van der Waals surface area contributed by atoms with Gasteiger partial charge in [-0.05, 0) is 0 Å². The smallest absolute Gasteiger partial charge is 0.377 e. The molecule has 0 aliphatic rings. The number of rotatable bonds is 8. The lowest BCUT2D eigenvalue weighted by Gasteiger charge is -2.24. The van der Waals surface area contributed by atoms with Gasteiger partial charge in [-0.1, -0.05) is 12.7 Å². The van der Waals surface area contributed by atoms with E-state index in [1.54, 1.807) is 0 Å². The third-order valence-electron chi connectivity index (χ3n) is 2.06. The first-order chi connectivity index (χ1) is 8.36. The molecule has 0 bridgehead atoms. The summed E-state index contributed by atoms with van der Waals surface area (Å²) in [4.78, 5) is 22.3. The summed E-state index contributed by atoms with van der Waals surface area (Å²) in [5, 5.41) is 45.3. The molecule has 0 aromatic rings. The zero-order chi connectivity index (χ0) is 14.3. The fourth-order valence-corrected chi connectivity index (χ4v) is 1.00. The first-order valence-corrected chi connectivity index (χ1v) is 5.01. The van der Waals surface area contributed by atoms with Crippen LogP contribution >= 0.6 is 0 Å². The Hall–Kier alpha value is -1.32. The zero-order valence-electron chi connectivity index (χ0n) is 9.47. The Balaban J connectivity index is 4.53. The second-order valence-electron chi connectivity index (χ2n) is 3.43. The molecule has 0 unspecified atom stereocenters. The van der Waals surface area contributed by atoms with Crippen LogP contribution in [0.5, 0.6) is 0 Å². The number of ketones is 1. The van der Waals surface area contributed by atoms with E-state index in [1.807, 2.05) is 0 Å². The third kappa shape index (κ3) is 4.51. The Morgan fingerprint density at radius 2 is 1.72 bits per heavy atom. The van der Waals surface area contributed by atoms with Gasteiger partial charge in [0.1, 0.15) is 24.9 Å². The van der Waals surface area contributed by atoms with Crippen LogP contribution in [-0.2, 0) is 14.3 Å². The van der Waals surface area contributed by atoms with Crippen molar-refractivity contribution in [1.29, 1.82) is 0 Å². The van der Waals surface area contributed by atoms with Gasteiger partial charge in [0.25, 0.3) is 5.78 Å². The molecule has 0 aliphatic heterocycles. The van der Waals surface area contributed by atoms with Gasteiger partial charge in [0.15, 0.2) is 6.10 Å². The van der Waals surface area contributed by atoms with Crippen molar-refractivity contribution < 1.29 is 39.9 Å². The second-order valence-corrected chi connectivity index (χ2v) is 3.43. The van der Waals surface area contributed by atoms with Crippen molar-refractivity contribution in [2.45, 2.75) is 24.4 Å². The van der Waals surface area contributed by atoms with Gasteiger partial charge in [-0.15, -0.1) is 0 Å². The summed E-state index contributed by atoms with van der Waals surface area (Å²) in [6.07, 6.45) is -6.94. The number of Topliss-reactive ketones (excluding diaryl/α,β-unsaturated/α-hetero) is 1. The molecule has 0 rings (SSSR count). The fourth-order valence-electron chi connectivity index (χ4n) is 1.00. The minimum Gasteiger partial charge on any atom is -0.456 e. The van der Waals surface area contributed by atoms with Gasteiger partial charge in [-0.25, -0.2) is 4.79 Å². The molecule has 0 amide bonds. The number of carbonyl (C=O) groups excluding carboxylic acids is 2. The van der Waals surface area contributed by atoms with Crippen LogP contribution in [0, 0.1) is 0 Å². The Bertz CT molecular complexity index is 302. The summed E-state index contributed by atoms with van der Waals surface area (Å²) in [6, 6.07) is 0. The molecule has 0 heterocycles. The van der Waals surface area contributed by atoms with E-state index in [1.165, 1.54) is 6.08 Å². The SMILES string of the molecule is C=CCOC(=O)C(=O)[C@H](O)[C@@H](O)[C@H](O)[C@H](O)CO. The van der Waals surface area contributed by atoms with Crippen LogP contribution in [0.15, 0.2) is 12.7 Å². The average Bonchev–Trinajstić information content (AvgIpc) is 2.40. The van der Waals surface area contributed by atoms with Crippen LogP contribution in [0.2, 0.25) is 0 Å². The van der Waals surface area contributed by atoms with E-state index in [9.17, 15) is 24.9 Å². The third-order valence-corrected chi connectivity index (χ3v) is 2.06. The minimum atomic E-state index is -2.27. The molecular weight excluding hydrogens is 248 g/mol. The first-order valence-electron chi connectivity index (χ1n) is 5.01. The van der Waals surface area contributed by atoms with Crippen LogP contribution in [0.25, 0.3) is 0 Å². The van der Waals surface area contributed by atoms with E-state index in [0.717, 1.165) is 0 Å². The lowest BCUT2D eigenvalue weighted by Crippen LogP contribution is -2.50. The highest BCUT2D eigenvalue weighted by Crippen LogP contribution is 2.06. The van der Waals surface area contributed by atoms with Crippen LogP contribution in [0.1, 0.15) is 0 Å². The largest absolute Gasteiger partial charge is 0.456 e. The van der Waals surface area contributed by atoms with E-state index < -0.39 is 42.8 Å². The number of aliphatic hydroxyl groups is 5. The molecule has 18 heavy (non-hydrogen) atoms. The van der Waals surface area contributed by atoms with Crippen molar-refractivity contribution in [3.05, 3.63) is 12.7 Å². The fraction of sp³-hybridized carbons (Fsp3) is 0.600. The second kappa shape index (κ2) is 7.90. The number of carbonyl (C=O) groups is 2. The van der Waals surface area contributed by atoms with E-state index in [0.29, 0.717) is 0 Å². The molecule has 4 atom stereocenters. The maximum atomic E-state index is 11.2. The normalized spacial score (nSPS) is 17.4.